The van der Waals surface area contributed by atoms with Crippen molar-refractivity contribution in [1.29, 1.82) is 0 Å². The molecular weight excluding hydrogens is 608 g/mol. The fraction of sp³-hybridized carbons (Fsp3) is 0.314. The molecule has 2 aliphatic rings. The molecule has 3 aromatic rings. The summed E-state index contributed by atoms with van der Waals surface area (Å²) in [5.74, 6) is -2.37. The second-order valence-corrected chi connectivity index (χ2v) is 12.2. The number of carbonyl (C=O) groups is 2. The average molecular weight is 646 g/mol. The number of carbonyl (C=O) groups excluding carboxylic acids is 2. The standard InChI is InChI=1S/C35H37BrN2O5/c1-3-22(18-23-19-24(36)10-16-30(23)40)9-15-31(41)32-21(2)17-28-33(29(32)20-39)35(43)38(34(28)42)27-13-11-26(12-14-27)37-25-7-5-4-6-8-25/h4-8,10-14,16,18-19,28-29,31,33,37,39-41H,3,9,15,17,20H2,1-2H3/b22-18+/t28-,29+,31-,33-/m1/s1. The summed E-state index contributed by atoms with van der Waals surface area (Å²) in [4.78, 5) is 28.6. The summed E-state index contributed by atoms with van der Waals surface area (Å²) < 4.78 is 0.861. The van der Waals surface area contributed by atoms with E-state index in [9.17, 15) is 24.9 Å². The summed E-state index contributed by atoms with van der Waals surface area (Å²) >= 11 is 3.44. The Morgan fingerprint density at radius 1 is 1.05 bits per heavy atom. The number of para-hydroxylation sites is 1. The van der Waals surface area contributed by atoms with Crippen molar-refractivity contribution >= 4 is 50.9 Å². The normalized spacial score (nSPS) is 21.3. The molecule has 0 aromatic heterocycles. The minimum Gasteiger partial charge on any atom is -0.507 e. The molecule has 1 aliphatic heterocycles. The van der Waals surface area contributed by atoms with Crippen molar-refractivity contribution in [3.8, 4) is 5.75 Å². The molecule has 4 atom stereocenters. The Kier molecular flexibility index (Phi) is 9.49. The molecule has 3 aromatic carbocycles. The number of aromatic hydroxyl groups is 1. The van der Waals surface area contributed by atoms with Crippen LogP contribution >= 0.6 is 15.9 Å². The van der Waals surface area contributed by atoms with E-state index in [4.69, 9.17) is 0 Å². The molecular formula is C35H37BrN2O5. The summed E-state index contributed by atoms with van der Waals surface area (Å²) in [6.07, 6.45) is 3.15. The molecule has 2 amide bonds. The van der Waals surface area contributed by atoms with Crippen molar-refractivity contribution in [2.45, 2.75) is 45.6 Å². The lowest BCUT2D eigenvalue weighted by Crippen LogP contribution is -2.38. The fourth-order valence-corrected chi connectivity index (χ4v) is 6.82. The van der Waals surface area contributed by atoms with Gasteiger partial charge in [0.1, 0.15) is 5.75 Å². The van der Waals surface area contributed by atoms with Gasteiger partial charge in [-0.15, -0.1) is 0 Å². The number of imide groups is 1. The molecule has 8 heteroatoms. The Bertz CT molecular complexity index is 1550. The fourth-order valence-electron chi connectivity index (χ4n) is 6.44. The zero-order chi connectivity index (χ0) is 30.7. The van der Waals surface area contributed by atoms with Gasteiger partial charge in [-0.05, 0) is 92.8 Å². The third-order valence-electron chi connectivity index (χ3n) is 8.61. The summed E-state index contributed by atoms with van der Waals surface area (Å²) in [6.45, 7) is 3.58. The molecule has 0 saturated carbocycles. The second-order valence-electron chi connectivity index (χ2n) is 11.3. The number of aliphatic hydroxyl groups excluding tert-OH is 2. The van der Waals surface area contributed by atoms with Gasteiger partial charge in [0.05, 0.1) is 30.2 Å². The Morgan fingerprint density at radius 3 is 2.42 bits per heavy atom. The van der Waals surface area contributed by atoms with E-state index in [2.05, 4.69) is 21.2 Å². The molecule has 0 spiro atoms. The number of rotatable bonds is 10. The van der Waals surface area contributed by atoms with Crippen LogP contribution in [0.1, 0.15) is 45.1 Å². The SMILES string of the molecule is CC/C(=C\c1cc(Br)ccc1O)CC[C@@H](O)C1=C(C)C[C@H]2C(=O)N(c3ccc(Nc4ccccc4)cc3)C(=O)[C@H]2[C@H]1CO. The number of allylic oxidation sites excluding steroid dienone is 2. The maximum absolute atomic E-state index is 13.8. The molecule has 1 saturated heterocycles. The highest BCUT2D eigenvalue weighted by Gasteiger charge is 2.54. The summed E-state index contributed by atoms with van der Waals surface area (Å²) in [7, 11) is 0. The van der Waals surface area contributed by atoms with Crippen molar-refractivity contribution in [2.75, 3.05) is 16.8 Å². The van der Waals surface area contributed by atoms with Crippen LogP contribution in [0.4, 0.5) is 17.1 Å². The van der Waals surface area contributed by atoms with E-state index in [1.165, 1.54) is 4.90 Å². The number of fused-ring (bicyclic) bond motifs is 1. The van der Waals surface area contributed by atoms with Crippen LogP contribution < -0.4 is 10.2 Å². The van der Waals surface area contributed by atoms with E-state index >= 15 is 0 Å². The first-order chi connectivity index (χ1) is 20.7. The molecule has 0 radical (unpaired) electrons. The van der Waals surface area contributed by atoms with Gasteiger partial charge in [0.15, 0.2) is 0 Å². The minimum absolute atomic E-state index is 0.183. The van der Waals surface area contributed by atoms with Gasteiger partial charge in [0.25, 0.3) is 0 Å². The Morgan fingerprint density at radius 2 is 1.74 bits per heavy atom. The van der Waals surface area contributed by atoms with Crippen molar-refractivity contribution in [2.24, 2.45) is 17.8 Å². The van der Waals surface area contributed by atoms with Crippen molar-refractivity contribution in [1.82, 2.24) is 0 Å². The molecule has 7 nitrogen and oxygen atoms in total. The van der Waals surface area contributed by atoms with Crippen molar-refractivity contribution < 1.29 is 24.9 Å². The lowest BCUT2D eigenvalue weighted by molar-refractivity contribution is -0.123. The maximum atomic E-state index is 13.8. The van der Waals surface area contributed by atoms with Gasteiger partial charge in [-0.3, -0.25) is 14.5 Å². The van der Waals surface area contributed by atoms with Crippen LogP contribution in [0.5, 0.6) is 5.75 Å². The molecule has 1 fully saturated rings. The third-order valence-corrected chi connectivity index (χ3v) is 9.11. The van der Waals surface area contributed by atoms with E-state index in [0.29, 0.717) is 36.1 Å². The Labute approximate surface area is 260 Å². The van der Waals surface area contributed by atoms with Crippen LogP contribution in [0.15, 0.2) is 94.0 Å². The number of phenolic OH excluding ortho intramolecular Hbond substituents is 1. The predicted molar refractivity (Wildman–Crippen MR) is 173 cm³/mol. The average Bonchev–Trinajstić information content (AvgIpc) is 3.25. The van der Waals surface area contributed by atoms with E-state index < -0.39 is 23.9 Å². The molecule has 4 N–H and O–H groups in total. The number of anilines is 3. The van der Waals surface area contributed by atoms with E-state index in [1.807, 2.05) is 68.5 Å². The van der Waals surface area contributed by atoms with Gasteiger partial charge in [-0.2, -0.15) is 0 Å². The van der Waals surface area contributed by atoms with E-state index in [-0.39, 0.29) is 24.2 Å². The molecule has 1 aliphatic carbocycles. The molecule has 1 heterocycles. The summed E-state index contributed by atoms with van der Waals surface area (Å²) in [6, 6.07) is 22.2. The van der Waals surface area contributed by atoms with Crippen molar-refractivity contribution in [3.05, 3.63) is 99.6 Å². The quantitative estimate of drug-likeness (QED) is 0.140. The highest BCUT2D eigenvalue weighted by Crippen LogP contribution is 2.47. The monoisotopic (exact) mass is 644 g/mol. The van der Waals surface area contributed by atoms with Crippen LogP contribution in [0.2, 0.25) is 0 Å². The zero-order valence-corrected chi connectivity index (χ0v) is 25.9. The minimum atomic E-state index is -0.871. The van der Waals surface area contributed by atoms with Crippen LogP contribution in [-0.4, -0.2) is 39.8 Å². The lowest BCUT2D eigenvalue weighted by Gasteiger charge is -2.35. The first-order valence-corrected chi connectivity index (χ1v) is 15.5. The van der Waals surface area contributed by atoms with Crippen LogP contribution in [0, 0.1) is 17.8 Å². The number of nitrogens with zero attached hydrogens (tertiary/aromatic N) is 1. The van der Waals surface area contributed by atoms with E-state index in [0.717, 1.165) is 33.4 Å². The number of phenols is 1. The molecule has 0 bridgehead atoms. The number of hydrogen-bond acceptors (Lipinski definition) is 6. The first-order valence-electron chi connectivity index (χ1n) is 14.7. The van der Waals surface area contributed by atoms with Gasteiger partial charge in [-0.25, -0.2) is 0 Å². The Hall–Kier alpha value is -3.72. The number of halogens is 1. The van der Waals surface area contributed by atoms with Gasteiger partial charge >= 0.3 is 0 Å². The van der Waals surface area contributed by atoms with Crippen molar-refractivity contribution in [3.63, 3.8) is 0 Å². The van der Waals surface area contributed by atoms with E-state index in [1.54, 1.807) is 24.3 Å². The lowest BCUT2D eigenvalue weighted by atomic mass is 9.68. The number of benzene rings is 3. The zero-order valence-electron chi connectivity index (χ0n) is 24.3. The smallest absolute Gasteiger partial charge is 0.238 e. The number of nitrogens with one attached hydrogen (secondary N) is 1. The number of aliphatic hydroxyl groups is 2. The number of amides is 2. The largest absolute Gasteiger partial charge is 0.507 e. The molecule has 43 heavy (non-hydrogen) atoms. The third kappa shape index (κ3) is 6.47. The summed E-state index contributed by atoms with van der Waals surface area (Å²) in [5.41, 5.74) is 5.53. The second kappa shape index (κ2) is 13.3. The highest BCUT2D eigenvalue weighted by atomic mass is 79.9. The van der Waals surface area contributed by atoms with Gasteiger partial charge in [-0.1, -0.05) is 58.3 Å². The molecule has 5 rings (SSSR count). The van der Waals surface area contributed by atoms with Gasteiger partial charge < -0.3 is 20.6 Å². The number of hydrogen-bond donors (Lipinski definition) is 4. The van der Waals surface area contributed by atoms with Crippen LogP contribution in [0.3, 0.4) is 0 Å². The van der Waals surface area contributed by atoms with Gasteiger partial charge in [0.2, 0.25) is 11.8 Å². The van der Waals surface area contributed by atoms with Gasteiger partial charge in [0, 0.05) is 27.3 Å². The maximum Gasteiger partial charge on any atom is 0.238 e. The Balaban J connectivity index is 1.32. The molecule has 0 unspecified atom stereocenters. The van der Waals surface area contributed by atoms with Crippen LogP contribution in [0.25, 0.3) is 6.08 Å². The predicted octanol–water partition coefficient (Wildman–Crippen LogP) is 6.97. The highest BCUT2D eigenvalue weighted by molar-refractivity contribution is 9.10. The molecule has 224 valence electrons. The first kappa shape index (κ1) is 30.7. The topological polar surface area (TPSA) is 110 Å². The van der Waals surface area contributed by atoms with Crippen LogP contribution in [-0.2, 0) is 9.59 Å². The summed E-state index contributed by atoms with van der Waals surface area (Å²) in [5, 5.41) is 35.5.